The largest absolute Gasteiger partial charge is 0.484 e. The van der Waals surface area contributed by atoms with Gasteiger partial charge in [0.2, 0.25) is 5.91 Å². The van der Waals surface area contributed by atoms with E-state index in [1.54, 1.807) is 29.2 Å². The van der Waals surface area contributed by atoms with E-state index in [4.69, 9.17) is 4.74 Å². The van der Waals surface area contributed by atoms with Gasteiger partial charge in [-0.15, -0.1) is 0 Å². The molecule has 8 nitrogen and oxygen atoms in total. The van der Waals surface area contributed by atoms with E-state index in [-0.39, 0.29) is 43.1 Å². The van der Waals surface area contributed by atoms with Crippen molar-refractivity contribution in [1.29, 1.82) is 0 Å². The van der Waals surface area contributed by atoms with E-state index >= 15 is 0 Å². The minimum Gasteiger partial charge on any atom is -0.484 e. The summed E-state index contributed by atoms with van der Waals surface area (Å²) in [6.07, 6.45) is 0. The van der Waals surface area contributed by atoms with Crippen molar-refractivity contribution >= 4 is 23.4 Å². The topological polar surface area (TPSA) is 91.8 Å². The number of nitrogens with one attached hydrogen (secondary N) is 1. The number of hydrogen-bond donors (Lipinski definition) is 1. The van der Waals surface area contributed by atoms with Crippen LogP contribution in [-0.2, 0) is 9.59 Å². The van der Waals surface area contributed by atoms with Crippen molar-refractivity contribution in [3.05, 3.63) is 78.5 Å². The maximum Gasteiger partial charge on any atom is 0.275 e. The molecule has 2 aromatic carbocycles. The normalized spacial score (nSPS) is 17.5. The van der Waals surface area contributed by atoms with Crippen molar-refractivity contribution in [1.82, 2.24) is 14.8 Å². The van der Waals surface area contributed by atoms with Gasteiger partial charge in [-0.1, -0.05) is 48.5 Å². The summed E-state index contributed by atoms with van der Waals surface area (Å²) >= 11 is 0. The van der Waals surface area contributed by atoms with E-state index in [0.29, 0.717) is 23.7 Å². The molecule has 0 unspecified atom stereocenters. The number of pyridine rings is 1. The van der Waals surface area contributed by atoms with E-state index in [0.717, 1.165) is 5.56 Å². The van der Waals surface area contributed by atoms with Crippen LogP contribution in [0.4, 0.5) is 5.69 Å². The Bertz CT molecular complexity index is 1200. The number of ether oxygens (including phenoxy) is 1. The fraction of sp³-hybridized carbons (Fsp3) is 0.200. The second-order valence-corrected chi connectivity index (χ2v) is 7.90. The van der Waals surface area contributed by atoms with Crippen molar-refractivity contribution in [3.63, 3.8) is 0 Å². The van der Waals surface area contributed by atoms with Gasteiger partial charge in [0.1, 0.15) is 11.8 Å². The zero-order chi connectivity index (χ0) is 22.8. The standard InChI is InChI=1S/C25H22N4O4/c30-22(16-33-18-9-5-2-6-10-18)28-13-14-29-21(15-28)24(31)27-20-12-11-19(26-23(20)25(29)32)17-7-3-1-4-8-17/h1-12,21H,13-16H2,(H,27,31)/t21-/m0/s1. The Balaban J connectivity index is 1.33. The average Bonchev–Trinajstić information content (AvgIpc) is 2.97. The SMILES string of the molecule is O=C1Nc2ccc(-c3ccccc3)nc2C(=O)N2CCN(C(=O)COc3ccccc3)C[C@@H]12. The van der Waals surface area contributed by atoms with Gasteiger partial charge in [-0.05, 0) is 24.3 Å². The summed E-state index contributed by atoms with van der Waals surface area (Å²) in [6.45, 7) is 0.535. The van der Waals surface area contributed by atoms with Crippen molar-refractivity contribution in [3.8, 4) is 17.0 Å². The number of anilines is 1. The molecule has 3 heterocycles. The average molecular weight is 442 g/mol. The predicted molar refractivity (Wildman–Crippen MR) is 122 cm³/mol. The smallest absolute Gasteiger partial charge is 0.275 e. The first-order valence-electron chi connectivity index (χ1n) is 10.7. The number of amides is 3. The highest BCUT2D eigenvalue weighted by molar-refractivity contribution is 6.09. The summed E-state index contributed by atoms with van der Waals surface area (Å²) in [6, 6.07) is 21.3. The lowest BCUT2D eigenvalue weighted by Gasteiger charge is -2.39. The molecular formula is C25H22N4O4. The molecule has 0 bridgehead atoms. The lowest BCUT2D eigenvalue weighted by Crippen LogP contribution is -2.60. The molecule has 0 aliphatic carbocycles. The fourth-order valence-corrected chi connectivity index (χ4v) is 4.07. The van der Waals surface area contributed by atoms with Crippen LogP contribution in [0.1, 0.15) is 10.5 Å². The van der Waals surface area contributed by atoms with Crippen LogP contribution in [-0.4, -0.2) is 64.8 Å². The van der Waals surface area contributed by atoms with Crippen molar-refractivity contribution in [2.45, 2.75) is 6.04 Å². The Hall–Kier alpha value is -4.20. The molecule has 0 spiro atoms. The van der Waals surface area contributed by atoms with Gasteiger partial charge >= 0.3 is 0 Å². The number of piperazine rings is 1. The van der Waals surface area contributed by atoms with Gasteiger partial charge in [0.15, 0.2) is 12.3 Å². The maximum absolute atomic E-state index is 13.3. The summed E-state index contributed by atoms with van der Waals surface area (Å²) in [5.41, 5.74) is 2.13. The molecule has 0 radical (unpaired) electrons. The minimum absolute atomic E-state index is 0.105. The summed E-state index contributed by atoms with van der Waals surface area (Å²) in [5, 5.41) is 2.81. The Morgan fingerprint density at radius 3 is 2.45 bits per heavy atom. The summed E-state index contributed by atoms with van der Waals surface area (Å²) in [5.74, 6) is -0.288. The molecule has 33 heavy (non-hydrogen) atoms. The molecule has 1 N–H and O–H groups in total. The number of carbonyl (C=O) groups is 3. The van der Waals surface area contributed by atoms with Crippen LogP contribution < -0.4 is 10.1 Å². The highest BCUT2D eigenvalue weighted by atomic mass is 16.5. The first-order chi connectivity index (χ1) is 16.1. The van der Waals surface area contributed by atoms with Crippen LogP contribution in [0.3, 0.4) is 0 Å². The minimum atomic E-state index is -0.790. The molecular weight excluding hydrogens is 420 g/mol. The Kier molecular flexibility index (Phi) is 5.48. The van der Waals surface area contributed by atoms with Crippen LogP contribution in [0.5, 0.6) is 5.75 Å². The van der Waals surface area contributed by atoms with E-state index in [1.807, 2.05) is 48.5 Å². The van der Waals surface area contributed by atoms with Crippen molar-refractivity contribution in [2.75, 3.05) is 31.6 Å². The Morgan fingerprint density at radius 2 is 1.70 bits per heavy atom. The summed E-state index contributed by atoms with van der Waals surface area (Å²) in [7, 11) is 0. The number of benzene rings is 2. The second kappa shape index (κ2) is 8.74. The molecule has 5 rings (SSSR count). The number of nitrogens with zero attached hydrogens (tertiary/aromatic N) is 3. The first-order valence-corrected chi connectivity index (χ1v) is 10.7. The monoisotopic (exact) mass is 442 g/mol. The zero-order valence-corrected chi connectivity index (χ0v) is 17.8. The van der Waals surface area contributed by atoms with Crippen molar-refractivity contribution in [2.24, 2.45) is 0 Å². The molecule has 3 aromatic rings. The molecule has 1 aromatic heterocycles. The number of para-hydroxylation sites is 1. The third kappa shape index (κ3) is 4.15. The Labute approximate surface area is 190 Å². The van der Waals surface area contributed by atoms with Crippen LogP contribution in [0.15, 0.2) is 72.8 Å². The van der Waals surface area contributed by atoms with Gasteiger partial charge in [-0.2, -0.15) is 0 Å². The van der Waals surface area contributed by atoms with Gasteiger partial charge in [0, 0.05) is 18.7 Å². The number of hydrogen-bond acceptors (Lipinski definition) is 5. The van der Waals surface area contributed by atoms with Crippen LogP contribution in [0, 0.1) is 0 Å². The van der Waals surface area contributed by atoms with E-state index < -0.39 is 6.04 Å². The number of carbonyl (C=O) groups excluding carboxylic acids is 3. The molecule has 2 aliphatic rings. The number of aromatic nitrogens is 1. The van der Waals surface area contributed by atoms with Gasteiger partial charge in [0.25, 0.3) is 11.8 Å². The van der Waals surface area contributed by atoms with Gasteiger partial charge < -0.3 is 19.9 Å². The first kappa shape index (κ1) is 20.7. The molecule has 1 atom stereocenters. The lowest BCUT2D eigenvalue weighted by molar-refractivity contribution is -0.137. The molecule has 166 valence electrons. The number of fused-ring (bicyclic) bond motifs is 2. The highest BCUT2D eigenvalue weighted by Gasteiger charge is 2.41. The maximum atomic E-state index is 13.3. The summed E-state index contributed by atoms with van der Waals surface area (Å²) in [4.78, 5) is 46.6. The van der Waals surface area contributed by atoms with Crippen LogP contribution in [0.25, 0.3) is 11.3 Å². The van der Waals surface area contributed by atoms with Crippen molar-refractivity contribution < 1.29 is 19.1 Å². The van der Waals surface area contributed by atoms with Gasteiger partial charge in [-0.3, -0.25) is 14.4 Å². The number of rotatable bonds is 4. The zero-order valence-electron chi connectivity index (χ0n) is 17.8. The molecule has 8 heteroatoms. The molecule has 2 aliphatic heterocycles. The third-order valence-electron chi connectivity index (χ3n) is 5.83. The third-order valence-corrected chi connectivity index (χ3v) is 5.83. The lowest BCUT2D eigenvalue weighted by atomic mass is 10.1. The summed E-state index contributed by atoms with van der Waals surface area (Å²) < 4.78 is 5.55. The highest BCUT2D eigenvalue weighted by Crippen LogP contribution is 2.27. The van der Waals surface area contributed by atoms with E-state index in [2.05, 4.69) is 10.3 Å². The Morgan fingerprint density at radius 1 is 0.970 bits per heavy atom. The fourth-order valence-electron chi connectivity index (χ4n) is 4.07. The second-order valence-electron chi connectivity index (χ2n) is 7.90. The van der Waals surface area contributed by atoms with E-state index in [9.17, 15) is 14.4 Å². The predicted octanol–water partition coefficient (Wildman–Crippen LogP) is 2.43. The molecule has 1 fully saturated rings. The molecule has 1 saturated heterocycles. The van der Waals surface area contributed by atoms with Gasteiger partial charge in [-0.25, -0.2) is 4.98 Å². The quantitative estimate of drug-likeness (QED) is 0.670. The van der Waals surface area contributed by atoms with Crippen LogP contribution in [0.2, 0.25) is 0 Å². The molecule has 3 amide bonds. The molecule has 0 saturated carbocycles. The van der Waals surface area contributed by atoms with Crippen LogP contribution >= 0.6 is 0 Å². The van der Waals surface area contributed by atoms with E-state index in [1.165, 1.54) is 4.90 Å². The van der Waals surface area contributed by atoms with Gasteiger partial charge in [0.05, 0.1) is 17.9 Å².